The lowest BCUT2D eigenvalue weighted by Gasteiger charge is -2.17. The highest BCUT2D eigenvalue weighted by Gasteiger charge is 2.49. The second kappa shape index (κ2) is 5.68. The molecule has 3 aromatic rings. The molecule has 1 aromatic carbocycles. The lowest BCUT2D eigenvalue weighted by molar-refractivity contribution is 0.0821. The summed E-state index contributed by atoms with van der Waals surface area (Å²) >= 11 is 0. The molecule has 0 radical (unpaired) electrons. The topological polar surface area (TPSA) is 92.6 Å². The van der Waals surface area contributed by atoms with Gasteiger partial charge in [0.25, 0.3) is 5.91 Å². The molecular formula is C20H20N6O2. The number of amides is 1. The molecule has 2 aromatic heterocycles. The first kappa shape index (κ1) is 15.9. The van der Waals surface area contributed by atoms with E-state index < -0.39 is 0 Å². The number of rotatable bonds is 0. The third kappa shape index (κ3) is 2.37. The highest BCUT2D eigenvalue weighted by molar-refractivity contribution is 6.00. The molecule has 0 saturated heterocycles. The van der Waals surface area contributed by atoms with Crippen LogP contribution < -0.4 is 16.0 Å². The molecule has 8 nitrogen and oxygen atoms in total. The summed E-state index contributed by atoms with van der Waals surface area (Å²) in [5.74, 6) is 1.98. The van der Waals surface area contributed by atoms with E-state index in [9.17, 15) is 4.79 Å². The van der Waals surface area contributed by atoms with Gasteiger partial charge in [0.05, 0.1) is 19.4 Å². The van der Waals surface area contributed by atoms with E-state index in [0.29, 0.717) is 36.4 Å². The van der Waals surface area contributed by atoms with Gasteiger partial charge in [-0.05, 0) is 31.0 Å². The molecule has 4 bridgehead atoms. The first-order valence-electron chi connectivity index (χ1n) is 9.60. The van der Waals surface area contributed by atoms with Crippen LogP contribution in [0.4, 0.5) is 17.3 Å². The summed E-state index contributed by atoms with van der Waals surface area (Å²) in [6.45, 7) is 2.85. The quantitative estimate of drug-likeness (QED) is 0.558. The van der Waals surface area contributed by atoms with Gasteiger partial charge in [0.2, 0.25) is 0 Å². The lowest BCUT2D eigenvalue weighted by Crippen LogP contribution is -2.35. The summed E-state index contributed by atoms with van der Waals surface area (Å²) in [5.41, 5.74) is 4.19. The average Bonchev–Trinajstić information content (AvgIpc) is 3.13. The number of nitrogens with one attached hydrogen (secondary N) is 3. The molecule has 1 fully saturated rings. The second-order valence-electron chi connectivity index (χ2n) is 7.82. The Labute approximate surface area is 161 Å². The van der Waals surface area contributed by atoms with Gasteiger partial charge in [-0.1, -0.05) is 12.1 Å². The van der Waals surface area contributed by atoms with Crippen molar-refractivity contribution in [1.29, 1.82) is 0 Å². The molecule has 3 aliphatic rings. The maximum atomic E-state index is 12.8. The van der Waals surface area contributed by atoms with Crippen LogP contribution in [0.3, 0.4) is 0 Å². The van der Waals surface area contributed by atoms with Gasteiger partial charge in [0.1, 0.15) is 17.2 Å². The number of carbonyl (C=O) groups is 1. The zero-order valence-corrected chi connectivity index (χ0v) is 15.4. The van der Waals surface area contributed by atoms with Gasteiger partial charge in [-0.2, -0.15) is 9.61 Å². The zero-order valence-electron chi connectivity index (χ0n) is 15.4. The molecule has 1 saturated carbocycles. The van der Waals surface area contributed by atoms with E-state index in [1.165, 1.54) is 0 Å². The molecule has 142 valence electrons. The molecule has 2 unspecified atom stereocenters. The van der Waals surface area contributed by atoms with E-state index in [1.807, 2.05) is 25.1 Å². The number of ether oxygens (including phenoxy) is 1. The molecule has 28 heavy (non-hydrogen) atoms. The molecule has 1 aliphatic carbocycles. The number of anilines is 3. The SMILES string of the molecule is CC1COCc2cccc(c2)Nc2nc3c(cnn3c3c2C2C[C@@H]2N3)C(=O)N1. The molecule has 4 heterocycles. The number of fused-ring (bicyclic) bond motifs is 8. The van der Waals surface area contributed by atoms with Gasteiger partial charge in [0.15, 0.2) is 5.65 Å². The van der Waals surface area contributed by atoms with E-state index in [2.05, 4.69) is 27.1 Å². The van der Waals surface area contributed by atoms with Gasteiger partial charge in [-0.25, -0.2) is 4.98 Å². The number of carbonyl (C=O) groups excluding carboxylic acids is 1. The maximum Gasteiger partial charge on any atom is 0.257 e. The molecule has 6 rings (SSSR count). The summed E-state index contributed by atoms with van der Waals surface area (Å²) < 4.78 is 7.55. The minimum atomic E-state index is -0.191. The molecular weight excluding hydrogens is 356 g/mol. The Hall–Kier alpha value is -3.13. The largest absolute Gasteiger partial charge is 0.375 e. The highest BCUT2D eigenvalue weighted by Crippen LogP contribution is 2.54. The van der Waals surface area contributed by atoms with Gasteiger partial charge in [-0.3, -0.25) is 4.79 Å². The van der Waals surface area contributed by atoms with Crippen molar-refractivity contribution >= 4 is 28.9 Å². The Morgan fingerprint density at radius 3 is 3.14 bits per heavy atom. The molecule has 3 N–H and O–H groups in total. The van der Waals surface area contributed by atoms with Crippen LogP contribution in [0, 0.1) is 0 Å². The van der Waals surface area contributed by atoms with Crippen LogP contribution in [0.15, 0.2) is 30.5 Å². The second-order valence-corrected chi connectivity index (χ2v) is 7.82. The fourth-order valence-electron chi connectivity index (χ4n) is 4.17. The summed E-state index contributed by atoms with van der Waals surface area (Å²) in [4.78, 5) is 17.6. The third-order valence-electron chi connectivity index (χ3n) is 5.62. The fourth-order valence-corrected chi connectivity index (χ4v) is 4.17. The van der Waals surface area contributed by atoms with Gasteiger partial charge in [0, 0.05) is 29.3 Å². The first-order chi connectivity index (χ1) is 13.7. The summed E-state index contributed by atoms with van der Waals surface area (Å²) in [6.07, 6.45) is 2.70. The van der Waals surface area contributed by atoms with E-state index in [1.54, 1.807) is 10.7 Å². The van der Waals surface area contributed by atoms with Gasteiger partial charge < -0.3 is 20.7 Å². The van der Waals surface area contributed by atoms with E-state index in [0.717, 1.165) is 34.9 Å². The Balaban J connectivity index is 1.55. The van der Waals surface area contributed by atoms with Crippen LogP contribution >= 0.6 is 0 Å². The molecule has 2 aliphatic heterocycles. The summed E-state index contributed by atoms with van der Waals surface area (Å²) in [5, 5.41) is 14.4. The minimum absolute atomic E-state index is 0.119. The molecule has 0 spiro atoms. The average molecular weight is 376 g/mol. The predicted octanol–water partition coefficient (Wildman–Crippen LogP) is 2.40. The number of benzene rings is 1. The Kier molecular flexibility index (Phi) is 3.22. The smallest absolute Gasteiger partial charge is 0.257 e. The van der Waals surface area contributed by atoms with E-state index in [4.69, 9.17) is 9.72 Å². The maximum absolute atomic E-state index is 12.8. The lowest BCUT2D eigenvalue weighted by atomic mass is 10.1. The zero-order chi connectivity index (χ0) is 18.8. The Bertz CT molecular complexity index is 1120. The standard InChI is InChI=1S/C20H20N6O2/c1-10-8-28-9-11-3-2-4-12(5-11)23-17-16-13-6-15(13)24-19(16)26-18(25-17)14(7-21-26)20(27)22-10/h2-5,7,10,13,15,24H,6,8-9H2,1H3,(H,22,27)(H,23,25)/t10?,13?,15-/m0/s1. The summed E-state index contributed by atoms with van der Waals surface area (Å²) in [6, 6.07) is 8.47. The predicted molar refractivity (Wildman–Crippen MR) is 104 cm³/mol. The molecule has 3 atom stereocenters. The molecule has 8 heteroatoms. The van der Waals surface area contributed by atoms with Crippen molar-refractivity contribution in [1.82, 2.24) is 19.9 Å². The van der Waals surface area contributed by atoms with Crippen LogP contribution in [0.2, 0.25) is 0 Å². The van der Waals surface area contributed by atoms with Crippen molar-refractivity contribution in [2.24, 2.45) is 0 Å². The minimum Gasteiger partial charge on any atom is -0.375 e. The highest BCUT2D eigenvalue weighted by atomic mass is 16.5. The monoisotopic (exact) mass is 376 g/mol. The van der Waals surface area contributed by atoms with Crippen molar-refractivity contribution in [3.8, 4) is 0 Å². The van der Waals surface area contributed by atoms with Crippen LogP contribution in [0.25, 0.3) is 5.65 Å². The number of nitrogens with zero attached hydrogens (tertiary/aromatic N) is 3. The van der Waals surface area contributed by atoms with Crippen LogP contribution in [-0.2, 0) is 11.3 Å². The first-order valence-corrected chi connectivity index (χ1v) is 9.60. The number of hydrogen-bond acceptors (Lipinski definition) is 6. The van der Waals surface area contributed by atoms with E-state index >= 15 is 0 Å². The van der Waals surface area contributed by atoms with Crippen molar-refractivity contribution < 1.29 is 9.53 Å². The number of hydrogen-bond donors (Lipinski definition) is 3. The fraction of sp³-hybridized carbons (Fsp3) is 0.350. The van der Waals surface area contributed by atoms with Crippen molar-refractivity contribution in [3.05, 3.63) is 47.2 Å². The Morgan fingerprint density at radius 1 is 1.29 bits per heavy atom. The Morgan fingerprint density at radius 2 is 2.21 bits per heavy atom. The van der Waals surface area contributed by atoms with Crippen molar-refractivity contribution in [3.63, 3.8) is 0 Å². The van der Waals surface area contributed by atoms with E-state index in [-0.39, 0.29) is 11.9 Å². The van der Waals surface area contributed by atoms with Crippen LogP contribution in [0.1, 0.15) is 40.7 Å². The van der Waals surface area contributed by atoms with Gasteiger partial charge in [-0.15, -0.1) is 0 Å². The van der Waals surface area contributed by atoms with Crippen molar-refractivity contribution in [2.45, 2.75) is 38.0 Å². The number of aromatic nitrogens is 3. The normalized spacial score (nSPS) is 25.3. The summed E-state index contributed by atoms with van der Waals surface area (Å²) in [7, 11) is 0. The van der Waals surface area contributed by atoms with Gasteiger partial charge >= 0.3 is 0 Å². The molecule has 1 amide bonds. The van der Waals surface area contributed by atoms with Crippen LogP contribution in [-0.4, -0.2) is 39.2 Å². The van der Waals surface area contributed by atoms with Crippen molar-refractivity contribution in [2.75, 3.05) is 17.2 Å². The third-order valence-corrected chi connectivity index (χ3v) is 5.62. The van der Waals surface area contributed by atoms with Crippen LogP contribution in [0.5, 0.6) is 0 Å².